The van der Waals surface area contributed by atoms with Crippen molar-refractivity contribution in [3.05, 3.63) is 65.4 Å². The highest BCUT2D eigenvalue weighted by atomic mass is 32.2. The second-order valence-corrected chi connectivity index (χ2v) is 9.06. The summed E-state index contributed by atoms with van der Waals surface area (Å²) in [5, 5.41) is 8.85. The maximum absolute atomic E-state index is 12.7. The number of hydrogen-bond acceptors (Lipinski definition) is 7. The summed E-state index contributed by atoms with van der Waals surface area (Å²) < 4.78 is 32.2. The number of rotatable bonds is 10. The predicted molar refractivity (Wildman–Crippen MR) is 121 cm³/mol. The zero-order valence-corrected chi connectivity index (χ0v) is 18.8. The van der Waals surface area contributed by atoms with Gasteiger partial charge in [0.1, 0.15) is 5.75 Å². The van der Waals surface area contributed by atoms with Crippen LogP contribution in [-0.4, -0.2) is 54.0 Å². The summed E-state index contributed by atoms with van der Waals surface area (Å²) >= 11 is 0. The number of carboxylic acids is 1. The van der Waals surface area contributed by atoms with E-state index in [0.717, 1.165) is 5.56 Å². The first-order valence-electron chi connectivity index (χ1n) is 9.88. The smallest absolute Gasteiger partial charge is 0.320 e. The first kappa shape index (κ1) is 24.5. The molecular formula is C22H21N3O8S. The molecule has 12 heteroatoms. The predicted octanol–water partition coefficient (Wildman–Crippen LogP) is 0.575. The highest BCUT2D eigenvalue weighted by Crippen LogP contribution is 2.34. The third-order valence-electron chi connectivity index (χ3n) is 4.89. The molecule has 1 heterocycles. The normalized spacial score (nSPS) is 11.2. The molecule has 3 aromatic rings. The van der Waals surface area contributed by atoms with Gasteiger partial charge >= 0.3 is 5.97 Å². The van der Waals surface area contributed by atoms with E-state index in [4.69, 9.17) is 15.6 Å². The SMILES string of the molecule is Cc1c(C(=O)C(N)=O)c2c(OCC(=O)NS(=O)(=O)CC(=O)O)cccc2n1Cc1ccccc1. The van der Waals surface area contributed by atoms with Crippen LogP contribution in [0.15, 0.2) is 48.5 Å². The molecule has 0 unspecified atom stereocenters. The lowest BCUT2D eigenvalue weighted by Crippen LogP contribution is -2.37. The Morgan fingerprint density at radius 3 is 2.35 bits per heavy atom. The van der Waals surface area contributed by atoms with Gasteiger partial charge in [-0.3, -0.25) is 19.2 Å². The van der Waals surface area contributed by atoms with Crippen molar-refractivity contribution in [3.63, 3.8) is 0 Å². The van der Waals surface area contributed by atoms with E-state index in [9.17, 15) is 27.6 Å². The van der Waals surface area contributed by atoms with Crippen LogP contribution in [0.1, 0.15) is 21.6 Å². The number of Topliss-reactive ketones (excluding diaryl/α,β-unsaturated/α-hetero) is 1. The molecule has 0 saturated carbocycles. The number of ketones is 1. The number of carboxylic acid groups (broad SMARTS) is 1. The molecule has 2 aromatic carbocycles. The third kappa shape index (κ3) is 5.41. The Morgan fingerprint density at radius 1 is 1.06 bits per heavy atom. The lowest BCUT2D eigenvalue weighted by Gasteiger charge is -2.10. The van der Waals surface area contributed by atoms with Gasteiger partial charge in [-0.15, -0.1) is 0 Å². The Bertz CT molecular complexity index is 1390. The number of nitrogens with zero attached hydrogens (tertiary/aromatic N) is 1. The summed E-state index contributed by atoms with van der Waals surface area (Å²) in [4.78, 5) is 47.0. The van der Waals surface area contributed by atoms with Crippen molar-refractivity contribution in [2.75, 3.05) is 12.4 Å². The molecule has 0 spiro atoms. The molecule has 0 aliphatic rings. The van der Waals surface area contributed by atoms with Gasteiger partial charge < -0.3 is 20.1 Å². The third-order valence-corrected chi connectivity index (χ3v) is 6.05. The number of aliphatic carboxylic acids is 1. The lowest BCUT2D eigenvalue weighted by molar-refractivity contribution is -0.134. The van der Waals surface area contributed by atoms with Crippen molar-refractivity contribution in [1.29, 1.82) is 0 Å². The molecule has 0 aliphatic carbocycles. The summed E-state index contributed by atoms with van der Waals surface area (Å²) in [7, 11) is -4.40. The van der Waals surface area contributed by atoms with Crippen LogP contribution in [-0.2, 0) is 31.0 Å². The molecule has 0 radical (unpaired) electrons. The lowest BCUT2D eigenvalue weighted by atomic mass is 10.1. The molecule has 11 nitrogen and oxygen atoms in total. The number of amides is 2. The van der Waals surface area contributed by atoms with Crippen LogP contribution in [0.25, 0.3) is 10.9 Å². The molecule has 0 aliphatic heterocycles. The second kappa shape index (κ2) is 9.75. The van der Waals surface area contributed by atoms with E-state index >= 15 is 0 Å². The van der Waals surface area contributed by atoms with Gasteiger partial charge in [0.25, 0.3) is 17.6 Å². The summed E-state index contributed by atoms with van der Waals surface area (Å²) in [6.45, 7) is 1.23. The van der Waals surface area contributed by atoms with Gasteiger partial charge in [0, 0.05) is 12.2 Å². The van der Waals surface area contributed by atoms with Crippen molar-refractivity contribution in [1.82, 2.24) is 9.29 Å². The minimum absolute atomic E-state index is 0.00735. The van der Waals surface area contributed by atoms with Crippen molar-refractivity contribution in [2.24, 2.45) is 5.73 Å². The summed E-state index contributed by atoms with van der Waals surface area (Å²) in [5.74, 6) is -6.10. The first-order valence-corrected chi connectivity index (χ1v) is 11.5. The maximum Gasteiger partial charge on any atom is 0.320 e. The number of benzene rings is 2. The Balaban J connectivity index is 2.00. The largest absolute Gasteiger partial charge is 0.483 e. The van der Waals surface area contributed by atoms with Crippen LogP contribution in [0.2, 0.25) is 0 Å². The topological polar surface area (TPSA) is 175 Å². The van der Waals surface area contributed by atoms with Crippen LogP contribution in [0.5, 0.6) is 5.75 Å². The van der Waals surface area contributed by atoms with Gasteiger partial charge in [-0.1, -0.05) is 36.4 Å². The Hall–Kier alpha value is -4.19. The Kier molecular flexibility index (Phi) is 7.01. The molecule has 0 bridgehead atoms. The van der Waals surface area contributed by atoms with Crippen LogP contribution in [0, 0.1) is 6.92 Å². The molecule has 3 rings (SSSR count). The van der Waals surface area contributed by atoms with Crippen LogP contribution < -0.4 is 15.2 Å². The number of hydrogen-bond donors (Lipinski definition) is 3. The van der Waals surface area contributed by atoms with Crippen LogP contribution in [0.3, 0.4) is 0 Å². The van der Waals surface area contributed by atoms with Crippen molar-refractivity contribution < 1.29 is 37.4 Å². The number of ether oxygens (including phenoxy) is 1. The number of nitrogens with one attached hydrogen (secondary N) is 1. The van der Waals surface area contributed by atoms with E-state index in [-0.39, 0.29) is 16.7 Å². The zero-order valence-electron chi connectivity index (χ0n) is 18.0. The average molecular weight is 487 g/mol. The van der Waals surface area contributed by atoms with E-state index in [1.165, 1.54) is 6.07 Å². The number of primary amides is 1. The monoisotopic (exact) mass is 487 g/mol. The molecule has 0 atom stereocenters. The number of carbonyl (C=O) groups excluding carboxylic acids is 3. The molecule has 1 aromatic heterocycles. The van der Waals surface area contributed by atoms with E-state index in [1.807, 2.05) is 30.3 Å². The van der Waals surface area contributed by atoms with Crippen LogP contribution in [0.4, 0.5) is 0 Å². The molecule has 34 heavy (non-hydrogen) atoms. The minimum atomic E-state index is -4.40. The van der Waals surface area contributed by atoms with Gasteiger partial charge in [0.05, 0.1) is 16.5 Å². The molecule has 4 N–H and O–H groups in total. The Labute approximate surface area is 194 Å². The van der Waals surface area contributed by atoms with Gasteiger partial charge in [0.15, 0.2) is 12.4 Å². The highest BCUT2D eigenvalue weighted by molar-refractivity contribution is 7.90. The molecular weight excluding hydrogens is 466 g/mol. The molecule has 2 amide bonds. The zero-order chi connectivity index (χ0) is 25.0. The fourth-order valence-corrected chi connectivity index (χ4v) is 4.33. The summed E-state index contributed by atoms with van der Waals surface area (Å²) in [5.41, 5.74) is 7.17. The standard InChI is InChI=1S/C22H21N3O8S/c1-13-19(21(29)22(23)30)20-15(25(13)10-14-6-3-2-4-7-14)8-5-9-16(20)33-11-17(26)24-34(31,32)12-18(27)28/h2-9H,10-12H2,1H3,(H2,23,30)(H,24,26)(H,27,28). The number of sulfonamides is 1. The number of nitrogens with two attached hydrogens (primary N) is 1. The molecule has 178 valence electrons. The van der Waals surface area contributed by atoms with Crippen molar-refractivity contribution >= 4 is 44.5 Å². The molecule has 0 saturated heterocycles. The summed E-state index contributed by atoms with van der Waals surface area (Å²) in [6.07, 6.45) is 0. The highest BCUT2D eigenvalue weighted by Gasteiger charge is 2.26. The molecule has 0 fully saturated rings. The number of aromatic nitrogens is 1. The van der Waals surface area contributed by atoms with E-state index in [1.54, 1.807) is 28.3 Å². The minimum Gasteiger partial charge on any atom is -0.483 e. The van der Waals surface area contributed by atoms with E-state index in [0.29, 0.717) is 17.8 Å². The van der Waals surface area contributed by atoms with Gasteiger partial charge in [0.2, 0.25) is 10.0 Å². The van der Waals surface area contributed by atoms with Crippen LogP contribution >= 0.6 is 0 Å². The van der Waals surface area contributed by atoms with Gasteiger partial charge in [-0.2, -0.15) is 0 Å². The van der Waals surface area contributed by atoms with Gasteiger partial charge in [-0.05, 0) is 24.6 Å². The van der Waals surface area contributed by atoms with Crippen molar-refractivity contribution in [2.45, 2.75) is 13.5 Å². The average Bonchev–Trinajstić information content (AvgIpc) is 3.03. The van der Waals surface area contributed by atoms with Crippen molar-refractivity contribution in [3.8, 4) is 5.75 Å². The fraction of sp³-hybridized carbons (Fsp3) is 0.182. The maximum atomic E-state index is 12.7. The Morgan fingerprint density at radius 2 is 1.74 bits per heavy atom. The quantitative estimate of drug-likeness (QED) is 0.275. The fourth-order valence-electron chi connectivity index (χ4n) is 3.53. The van der Waals surface area contributed by atoms with Gasteiger partial charge in [-0.25, -0.2) is 13.1 Å². The first-order chi connectivity index (χ1) is 16.0. The number of fused-ring (bicyclic) bond motifs is 1. The van der Waals surface area contributed by atoms with E-state index in [2.05, 4.69) is 0 Å². The second-order valence-electron chi connectivity index (χ2n) is 7.34. The summed E-state index contributed by atoms with van der Waals surface area (Å²) in [6, 6.07) is 14.1. The van der Waals surface area contributed by atoms with E-state index < -0.39 is 45.9 Å². The number of carbonyl (C=O) groups is 4.